The van der Waals surface area contributed by atoms with E-state index in [1.165, 1.54) is 51.4 Å². The summed E-state index contributed by atoms with van der Waals surface area (Å²) in [5.74, 6) is 0. The topological polar surface area (TPSA) is 37.3 Å². The van der Waals surface area contributed by atoms with Crippen LogP contribution in [0.2, 0.25) is 0 Å². The fourth-order valence-corrected chi connectivity index (χ4v) is 2.05. The molecular formula is C14H27ClO2. The molecule has 0 fully saturated rings. The standard InChI is InChI=1S/C14H27ClO2/c1-2-3-4-5-6-7-8-9-10-11-12-13(16)14(15)17/h13,16H,2-12H2,1H3. The van der Waals surface area contributed by atoms with Gasteiger partial charge in [0.25, 0.3) is 0 Å². The Balaban J connectivity index is 3.06. The minimum atomic E-state index is -0.953. The van der Waals surface area contributed by atoms with Crippen LogP contribution < -0.4 is 0 Å². The number of aliphatic hydroxyl groups is 1. The first-order valence-electron chi connectivity index (χ1n) is 7.06. The molecule has 0 saturated heterocycles. The molecule has 3 heteroatoms. The summed E-state index contributed by atoms with van der Waals surface area (Å²) < 4.78 is 0. The molecule has 0 aromatic rings. The molecule has 0 saturated carbocycles. The van der Waals surface area contributed by atoms with Crippen molar-refractivity contribution < 1.29 is 9.90 Å². The van der Waals surface area contributed by atoms with Crippen molar-refractivity contribution in [2.75, 3.05) is 0 Å². The molecule has 2 nitrogen and oxygen atoms in total. The van der Waals surface area contributed by atoms with Gasteiger partial charge in [-0.25, -0.2) is 0 Å². The summed E-state index contributed by atoms with van der Waals surface area (Å²) in [7, 11) is 0. The van der Waals surface area contributed by atoms with E-state index in [9.17, 15) is 4.79 Å². The molecule has 0 aromatic carbocycles. The lowest BCUT2D eigenvalue weighted by molar-refractivity contribution is -0.119. The van der Waals surface area contributed by atoms with Crippen molar-refractivity contribution in [2.45, 2.75) is 83.7 Å². The molecule has 1 N–H and O–H groups in total. The molecule has 102 valence electrons. The van der Waals surface area contributed by atoms with E-state index in [1.807, 2.05) is 0 Å². The van der Waals surface area contributed by atoms with Crippen molar-refractivity contribution in [1.82, 2.24) is 0 Å². The average molecular weight is 263 g/mol. The van der Waals surface area contributed by atoms with Crippen molar-refractivity contribution in [3.05, 3.63) is 0 Å². The second-order valence-electron chi connectivity index (χ2n) is 4.79. The Morgan fingerprint density at radius 1 is 0.941 bits per heavy atom. The highest BCUT2D eigenvalue weighted by Gasteiger charge is 2.10. The monoisotopic (exact) mass is 262 g/mol. The smallest absolute Gasteiger partial charge is 0.250 e. The third-order valence-corrected chi connectivity index (χ3v) is 3.34. The number of carbonyl (C=O) groups excluding carboxylic acids is 1. The van der Waals surface area contributed by atoms with Gasteiger partial charge in [0.1, 0.15) is 6.10 Å². The third kappa shape index (κ3) is 12.2. The van der Waals surface area contributed by atoms with Gasteiger partial charge in [0.15, 0.2) is 0 Å². The molecule has 0 heterocycles. The molecule has 0 rings (SSSR count). The van der Waals surface area contributed by atoms with Gasteiger partial charge in [-0.1, -0.05) is 71.1 Å². The lowest BCUT2D eigenvalue weighted by Gasteiger charge is -2.05. The number of aliphatic hydroxyl groups excluding tert-OH is 1. The van der Waals surface area contributed by atoms with Gasteiger partial charge < -0.3 is 5.11 Å². The zero-order valence-electron chi connectivity index (χ0n) is 11.1. The minimum absolute atomic E-state index is 0.513. The lowest BCUT2D eigenvalue weighted by Crippen LogP contribution is -2.14. The van der Waals surface area contributed by atoms with Gasteiger partial charge in [0.2, 0.25) is 5.24 Å². The summed E-state index contributed by atoms with van der Waals surface area (Å²) in [5.41, 5.74) is 0. The Labute approximate surface area is 111 Å². The Morgan fingerprint density at radius 3 is 1.76 bits per heavy atom. The van der Waals surface area contributed by atoms with Gasteiger partial charge in [-0.15, -0.1) is 0 Å². The van der Waals surface area contributed by atoms with E-state index in [0.29, 0.717) is 6.42 Å². The van der Waals surface area contributed by atoms with Gasteiger partial charge in [-0.2, -0.15) is 0 Å². The minimum Gasteiger partial charge on any atom is -0.384 e. The normalized spacial score (nSPS) is 12.6. The van der Waals surface area contributed by atoms with Crippen LogP contribution in [0.1, 0.15) is 77.6 Å². The molecule has 1 atom stereocenters. The number of unbranched alkanes of at least 4 members (excludes halogenated alkanes) is 9. The summed E-state index contributed by atoms with van der Waals surface area (Å²) in [5, 5.41) is 8.54. The van der Waals surface area contributed by atoms with Gasteiger partial charge in [0.05, 0.1) is 0 Å². The predicted octanol–water partition coefficient (Wildman–Crippen LogP) is 4.42. The van der Waals surface area contributed by atoms with E-state index >= 15 is 0 Å². The average Bonchev–Trinajstić information content (AvgIpc) is 2.31. The van der Waals surface area contributed by atoms with Crippen LogP contribution in [0.4, 0.5) is 0 Å². The predicted molar refractivity (Wildman–Crippen MR) is 73.3 cm³/mol. The first-order chi connectivity index (χ1) is 8.18. The SMILES string of the molecule is CCCCCCCCCCCCC(O)C(=O)Cl. The number of hydrogen-bond donors (Lipinski definition) is 1. The van der Waals surface area contributed by atoms with Crippen LogP contribution in [0.25, 0.3) is 0 Å². The van der Waals surface area contributed by atoms with Crippen molar-refractivity contribution in [1.29, 1.82) is 0 Å². The number of halogens is 1. The van der Waals surface area contributed by atoms with Gasteiger partial charge in [-0.3, -0.25) is 4.79 Å². The molecule has 0 spiro atoms. The van der Waals surface area contributed by atoms with Crippen LogP contribution in [0, 0.1) is 0 Å². The van der Waals surface area contributed by atoms with Crippen LogP contribution in [0.15, 0.2) is 0 Å². The highest BCUT2D eigenvalue weighted by atomic mass is 35.5. The summed E-state index contributed by atoms with van der Waals surface area (Å²) >= 11 is 5.16. The molecule has 0 aromatic heterocycles. The number of rotatable bonds is 12. The van der Waals surface area contributed by atoms with Crippen LogP contribution in [-0.2, 0) is 4.79 Å². The second kappa shape index (κ2) is 12.4. The molecule has 0 aliphatic carbocycles. The summed E-state index contributed by atoms with van der Waals surface area (Å²) in [4.78, 5) is 10.6. The van der Waals surface area contributed by atoms with Crippen LogP contribution >= 0.6 is 11.6 Å². The van der Waals surface area contributed by atoms with Crippen LogP contribution in [0.5, 0.6) is 0 Å². The molecule has 0 aliphatic rings. The number of hydrogen-bond acceptors (Lipinski definition) is 2. The lowest BCUT2D eigenvalue weighted by atomic mass is 10.0. The quantitative estimate of drug-likeness (QED) is 0.417. The van der Waals surface area contributed by atoms with Crippen LogP contribution in [0.3, 0.4) is 0 Å². The van der Waals surface area contributed by atoms with E-state index < -0.39 is 11.3 Å². The van der Waals surface area contributed by atoms with Crippen molar-refractivity contribution in [3.63, 3.8) is 0 Å². The fraction of sp³-hybridized carbons (Fsp3) is 0.929. The van der Waals surface area contributed by atoms with E-state index in [-0.39, 0.29) is 0 Å². The maximum atomic E-state index is 10.6. The van der Waals surface area contributed by atoms with Crippen molar-refractivity contribution in [2.24, 2.45) is 0 Å². The molecule has 0 amide bonds. The highest BCUT2D eigenvalue weighted by Crippen LogP contribution is 2.12. The zero-order valence-corrected chi connectivity index (χ0v) is 11.8. The first kappa shape index (κ1) is 16.9. The first-order valence-corrected chi connectivity index (χ1v) is 7.43. The molecule has 1 unspecified atom stereocenters. The third-order valence-electron chi connectivity index (χ3n) is 3.09. The molecule has 0 bridgehead atoms. The summed E-state index contributed by atoms with van der Waals surface area (Å²) in [6.07, 6.45) is 12.1. The molecular weight excluding hydrogens is 236 g/mol. The maximum Gasteiger partial charge on any atom is 0.250 e. The Morgan fingerprint density at radius 2 is 1.35 bits per heavy atom. The Hall–Kier alpha value is -0.0800. The van der Waals surface area contributed by atoms with Crippen molar-refractivity contribution in [3.8, 4) is 0 Å². The number of carbonyl (C=O) groups is 1. The van der Waals surface area contributed by atoms with Crippen molar-refractivity contribution >= 4 is 16.8 Å². The largest absolute Gasteiger partial charge is 0.384 e. The van der Waals surface area contributed by atoms with E-state index in [4.69, 9.17) is 16.7 Å². The van der Waals surface area contributed by atoms with Crippen LogP contribution in [-0.4, -0.2) is 16.5 Å². The van der Waals surface area contributed by atoms with E-state index in [1.54, 1.807) is 0 Å². The molecule has 0 radical (unpaired) electrons. The van der Waals surface area contributed by atoms with Gasteiger partial charge in [-0.05, 0) is 18.0 Å². The zero-order chi connectivity index (χ0) is 12.9. The van der Waals surface area contributed by atoms with Gasteiger partial charge in [0, 0.05) is 0 Å². The molecule has 0 aliphatic heterocycles. The molecule has 17 heavy (non-hydrogen) atoms. The Kier molecular flexibility index (Phi) is 12.3. The van der Waals surface area contributed by atoms with Gasteiger partial charge >= 0.3 is 0 Å². The van der Waals surface area contributed by atoms with E-state index in [0.717, 1.165) is 12.8 Å². The van der Waals surface area contributed by atoms with E-state index in [2.05, 4.69) is 6.92 Å². The highest BCUT2D eigenvalue weighted by molar-refractivity contribution is 6.64. The fourth-order valence-electron chi connectivity index (χ4n) is 1.94. The maximum absolute atomic E-state index is 10.6. The Bertz CT molecular complexity index is 183. The summed E-state index contributed by atoms with van der Waals surface area (Å²) in [6.45, 7) is 2.24. The summed E-state index contributed by atoms with van der Waals surface area (Å²) in [6, 6.07) is 0. The second-order valence-corrected chi connectivity index (χ2v) is 5.16.